The van der Waals surface area contributed by atoms with Gasteiger partial charge in [0.25, 0.3) is 0 Å². The van der Waals surface area contributed by atoms with Crippen LogP contribution in [0.2, 0.25) is 0 Å². The van der Waals surface area contributed by atoms with Crippen LogP contribution in [0.1, 0.15) is 64.7 Å². The molecule has 0 saturated heterocycles. The van der Waals surface area contributed by atoms with E-state index >= 15 is 0 Å². The molecule has 0 heterocycles. The second-order valence-corrected chi connectivity index (χ2v) is 6.17. The number of halogens is 3. The fourth-order valence-corrected chi connectivity index (χ4v) is 3.38. The monoisotopic (exact) mass is 309 g/mol. The Morgan fingerprint density at radius 1 is 1.19 bits per heavy atom. The maximum absolute atomic E-state index is 12.3. The van der Waals surface area contributed by atoms with Crippen LogP contribution in [-0.4, -0.2) is 32.0 Å². The topological polar surface area (TPSA) is 21.3 Å². The Labute approximate surface area is 126 Å². The quantitative estimate of drug-likeness (QED) is 0.667. The van der Waals surface area contributed by atoms with Gasteiger partial charge < -0.3 is 10.1 Å². The van der Waals surface area contributed by atoms with Gasteiger partial charge >= 0.3 is 6.18 Å². The molecule has 0 amide bonds. The third kappa shape index (κ3) is 7.50. The van der Waals surface area contributed by atoms with Crippen LogP contribution in [0.5, 0.6) is 0 Å². The molecule has 1 rings (SSSR count). The van der Waals surface area contributed by atoms with E-state index in [1.54, 1.807) is 7.11 Å². The Kier molecular flexibility index (Phi) is 8.64. The standard InChI is InChI=1S/C16H30F3NO/c1-3-12-20-14(10-7-11-16(17,18)19)15(21-2)13-8-5-4-6-9-13/h13-15,20H,3-12H2,1-2H3. The minimum Gasteiger partial charge on any atom is -0.380 e. The highest BCUT2D eigenvalue weighted by molar-refractivity contribution is 4.85. The molecule has 2 nitrogen and oxygen atoms in total. The summed E-state index contributed by atoms with van der Waals surface area (Å²) < 4.78 is 42.7. The molecule has 1 aliphatic rings. The summed E-state index contributed by atoms with van der Waals surface area (Å²) in [5.41, 5.74) is 0. The van der Waals surface area contributed by atoms with E-state index in [1.807, 2.05) is 0 Å². The fourth-order valence-electron chi connectivity index (χ4n) is 3.38. The molecule has 2 atom stereocenters. The predicted molar refractivity (Wildman–Crippen MR) is 79.4 cm³/mol. The number of rotatable bonds is 9. The first-order chi connectivity index (χ1) is 9.98. The summed E-state index contributed by atoms with van der Waals surface area (Å²) in [6.45, 7) is 2.91. The highest BCUT2D eigenvalue weighted by Gasteiger charge is 2.32. The SMILES string of the molecule is CCCNC(CCCC(F)(F)F)C(OC)C1CCCCC1. The van der Waals surface area contributed by atoms with Gasteiger partial charge in [0.1, 0.15) is 0 Å². The van der Waals surface area contributed by atoms with Crippen molar-refractivity contribution in [2.45, 2.75) is 83.0 Å². The molecular formula is C16H30F3NO. The molecule has 0 aromatic rings. The molecule has 0 aromatic carbocycles. The molecular weight excluding hydrogens is 279 g/mol. The van der Waals surface area contributed by atoms with Crippen molar-refractivity contribution < 1.29 is 17.9 Å². The van der Waals surface area contributed by atoms with Crippen LogP contribution in [0.25, 0.3) is 0 Å². The predicted octanol–water partition coefficient (Wildman–Crippen LogP) is 4.68. The lowest BCUT2D eigenvalue weighted by Gasteiger charge is -2.35. The highest BCUT2D eigenvalue weighted by Crippen LogP contribution is 2.31. The molecule has 5 heteroatoms. The van der Waals surface area contributed by atoms with E-state index in [0.717, 1.165) is 25.8 Å². The third-order valence-electron chi connectivity index (χ3n) is 4.42. The molecule has 1 fully saturated rings. The van der Waals surface area contributed by atoms with Crippen molar-refractivity contribution in [1.82, 2.24) is 5.32 Å². The van der Waals surface area contributed by atoms with Crippen LogP contribution >= 0.6 is 0 Å². The van der Waals surface area contributed by atoms with E-state index in [-0.39, 0.29) is 18.6 Å². The first-order valence-corrected chi connectivity index (χ1v) is 8.31. The second kappa shape index (κ2) is 9.67. The largest absolute Gasteiger partial charge is 0.389 e. The smallest absolute Gasteiger partial charge is 0.380 e. The van der Waals surface area contributed by atoms with Crippen molar-refractivity contribution in [3.05, 3.63) is 0 Å². The van der Waals surface area contributed by atoms with E-state index in [0.29, 0.717) is 12.3 Å². The summed E-state index contributed by atoms with van der Waals surface area (Å²) in [6, 6.07) is 0.0420. The maximum Gasteiger partial charge on any atom is 0.389 e. The van der Waals surface area contributed by atoms with Crippen LogP contribution in [0, 0.1) is 5.92 Å². The summed E-state index contributed by atoms with van der Waals surface area (Å²) in [5.74, 6) is 0.490. The van der Waals surface area contributed by atoms with Gasteiger partial charge in [-0.25, -0.2) is 0 Å². The van der Waals surface area contributed by atoms with Crippen molar-refractivity contribution in [2.75, 3.05) is 13.7 Å². The fraction of sp³-hybridized carbons (Fsp3) is 1.00. The summed E-state index contributed by atoms with van der Waals surface area (Å²) in [4.78, 5) is 0. The molecule has 21 heavy (non-hydrogen) atoms. The number of hydrogen-bond acceptors (Lipinski definition) is 2. The molecule has 2 unspecified atom stereocenters. The Balaban J connectivity index is 2.54. The summed E-state index contributed by atoms with van der Waals surface area (Å²) >= 11 is 0. The normalized spacial score (nSPS) is 20.4. The Morgan fingerprint density at radius 3 is 2.38 bits per heavy atom. The van der Waals surface area contributed by atoms with Gasteiger partial charge in [-0.15, -0.1) is 0 Å². The summed E-state index contributed by atoms with van der Waals surface area (Å²) in [5, 5.41) is 3.41. The van der Waals surface area contributed by atoms with Gasteiger partial charge in [0.05, 0.1) is 6.10 Å². The highest BCUT2D eigenvalue weighted by atomic mass is 19.4. The molecule has 1 aliphatic carbocycles. The summed E-state index contributed by atoms with van der Waals surface area (Å²) in [7, 11) is 1.70. The zero-order valence-electron chi connectivity index (χ0n) is 13.3. The third-order valence-corrected chi connectivity index (χ3v) is 4.42. The number of alkyl halides is 3. The van der Waals surface area contributed by atoms with E-state index in [2.05, 4.69) is 12.2 Å². The number of methoxy groups -OCH3 is 1. The molecule has 0 radical (unpaired) electrons. The van der Waals surface area contributed by atoms with Gasteiger partial charge in [-0.3, -0.25) is 0 Å². The first-order valence-electron chi connectivity index (χ1n) is 8.31. The second-order valence-electron chi connectivity index (χ2n) is 6.17. The van der Waals surface area contributed by atoms with E-state index in [4.69, 9.17) is 4.74 Å². The minimum absolute atomic E-state index is 0.0420. The Bertz CT molecular complexity index is 265. The van der Waals surface area contributed by atoms with Crippen LogP contribution < -0.4 is 5.32 Å². The lowest BCUT2D eigenvalue weighted by Crippen LogP contribution is -2.46. The van der Waals surface area contributed by atoms with Crippen molar-refractivity contribution in [3.8, 4) is 0 Å². The average Bonchev–Trinajstić information content (AvgIpc) is 2.44. The van der Waals surface area contributed by atoms with Crippen LogP contribution in [0.3, 0.4) is 0 Å². The van der Waals surface area contributed by atoms with Crippen LogP contribution in [-0.2, 0) is 4.74 Å². The first kappa shape index (κ1) is 18.8. The van der Waals surface area contributed by atoms with Gasteiger partial charge in [0, 0.05) is 19.6 Å². The van der Waals surface area contributed by atoms with Gasteiger partial charge in [-0.1, -0.05) is 26.2 Å². The van der Waals surface area contributed by atoms with Gasteiger partial charge in [0.15, 0.2) is 0 Å². The van der Waals surface area contributed by atoms with E-state index < -0.39 is 12.6 Å². The molecule has 1 saturated carbocycles. The Morgan fingerprint density at radius 2 is 1.86 bits per heavy atom. The molecule has 0 spiro atoms. The lowest BCUT2D eigenvalue weighted by atomic mass is 9.81. The van der Waals surface area contributed by atoms with Crippen molar-refractivity contribution in [1.29, 1.82) is 0 Å². The summed E-state index contributed by atoms with van der Waals surface area (Å²) in [6.07, 6.45) is 2.98. The number of ether oxygens (including phenoxy) is 1. The molecule has 126 valence electrons. The van der Waals surface area contributed by atoms with Gasteiger partial charge in [-0.05, 0) is 44.6 Å². The van der Waals surface area contributed by atoms with Crippen LogP contribution in [0.15, 0.2) is 0 Å². The van der Waals surface area contributed by atoms with E-state index in [9.17, 15) is 13.2 Å². The zero-order valence-corrected chi connectivity index (χ0v) is 13.3. The molecule has 0 aliphatic heterocycles. The van der Waals surface area contributed by atoms with Crippen molar-refractivity contribution in [3.63, 3.8) is 0 Å². The van der Waals surface area contributed by atoms with Gasteiger partial charge in [0.2, 0.25) is 0 Å². The van der Waals surface area contributed by atoms with Crippen LogP contribution in [0.4, 0.5) is 13.2 Å². The van der Waals surface area contributed by atoms with Crippen molar-refractivity contribution >= 4 is 0 Å². The van der Waals surface area contributed by atoms with E-state index in [1.165, 1.54) is 19.3 Å². The minimum atomic E-state index is -4.05. The number of hydrogen-bond donors (Lipinski definition) is 1. The molecule has 0 bridgehead atoms. The number of nitrogens with one attached hydrogen (secondary N) is 1. The zero-order chi connectivity index (χ0) is 15.7. The lowest BCUT2D eigenvalue weighted by molar-refractivity contribution is -0.136. The molecule has 1 N–H and O–H groups in total. The Hall–Kier alpha value is -0.290. The van der Waals surface area contributed by atoms with Gasteiger partial charge in [-0.2, -0.15) is 13.2 Å². The maximum atomic E-state index is 12.3. The average molecular weight is 309 g/mol. The molecule has 0 aromatic heterocycles. The van der Waals surface area contributed by atoms with Crippen molar-refractivity contribution in [2.24, 2.45) is 5.92 Å².